The number of cyclic esters (lactones) is 1. The number of aliphatic hydroxyl groups excluding tert-OH is 9. The molecule has 3 aliphatic rings. The second-order valence-corrected chi connectivity index (χ2v) is 19.0. The van der Waals surface area contributed by atoms with Gasteiger partial charge in [0.25, 0.3) is 0 Å². The minimum absolute atomic E-state index is 0.155. The van der Waals surface area contributed by atoms with Crippen LogP contribution in [0.5, 0.6) is 0 Å². The number of hydrogen-bond acceptors (Lipinski definition) is 19. The molecule has 71 heavy (non-hydrogen) atoms. The fourth-order valence-corrected chi connectivity index (χ4v) is 8.52. The van der Waals surface area contributed by atoms with Crippen LogP contribution in [0.15, 0.2) is 85.1 Å². The number of esters is 2. The van der Waals surface area contributed by atoms with E-state index in [4.69, 9.17) is 29.4 Å². The van der Waals surface area contributed by atoms with Crippen LogP contribution in [0, 0.1) is 17.8 Å². The van der Waals surface area contributed by atoms with Gasteiger partial charge in [0.1, 0.15) is 18.2 Å². The molecule has 0 radical (unpaired) electrons. The average Bonchev–Trinajstić information content (AvgIpc) is 3.29. The first-order chi connectivity index (χ1) is 33.5. The highest BCUT2D eigenvalue weighted by Gasteiger charge is 2.51. The van der Waals surface area contributed by atoms with Crippen molar-refractivity contribution in [1.82, 2.24) is 5.32 Å². The largest absolute Gasteiger partial charge is 0.467 e. The number of allylic oxidation sites excluding steroid dienone is 12. The molecule has 402 valence electrons. The zero-order chi connectivity index (χ0) is 53.0. The molecule has 0 aliphatic carbocycles. The lowest BCUT2D eigenvalue weighted by Gasteiger charge is -2.46. The Morgan fingerprint density at radius 2 is 1.25 bits per heavy atom. The van der Waals surface area contributed by atoms with Crippen molar-refractivity contribution in [2.75, 3.05) is 7.11 Å². The Balaban J connectivity index is 1.95. The van der Waals surface area contributed by atoms with Crippen molar-refractivity contribution in [2.45, 2.75) is 189 Å². The van der Waals surface area contributed by atoms with Crippen LogP contribution >= 0.6 is 0 Å². The number of amides is 1. The van der Waals surface area contributed by atoms with Crippen molar-refractivity contribution in [2.24, 2.45) is 23.5 Å². The number of nitrogens with two attached hydrogens (primary N) is 1. The predicted molar refractivity (Wildman–Crippen MR) is 259 cm³/mol. The van der Waals surface area contributed by atoms with Gasteiger partial charge in [-0.1, -0.05) is 98.9 Å². The lowest BCUT2D eigenvalue weighted by molar-refractivity contribution is -0.308. The molecule has 0 spiro atoms. The summed E-state index contributed by atoms with van der Waals surface area (Å²) in [5.41, 5.74) is 6.09. The molecule has 0 aromatic rings. The summed E-state index contributed by atoms with van der Waals surface area (Å²) in [5.74, 6) is -7.01. The van der Waals surface area contributed by atoms with E-state index in [2.05, 4.69) is 5.32 Å². The monoisotopic (exact) mass is 1010 g/mol. The van der Waals surface area contributed by atoms with Gasteiger partial charge in [0, 0.05) is 31.1 Å². The maximum absolute atomic E-state index is 13.8. The molecule has 13 N–H and O–H groups in total. The van der Waals surface area contributed by atoms with Crippen LogP contribution in [0.4, 0.5) is 0 Å². The number of ether oxygens (including phenoxy) is 5. The molecule has 0 saturated carbocycles. The van der Waals surface area contributed by atoms with Crippen LogP contribution in [-0.2, 0) is 38.1 Å². The van der Waals surface area contributed by atoms with E-state index in [1.165, 1.54) is 19.9 Å². The summed E-state index contributed by atoms with van der Waals surface area (Å²) < 4.78 is 28.3. The minimum atomic E-state index is -2.39. The van der Waals surface area contributed by atoms with E-state index in [9.17, 15) is 65.4 Å². The molecule has 1 amide bonds. The van der Waals surface area contributed by atoms with E-state index in [-0.39, 0.29) is 38.0 Å². The molecule has 20 atom stereocenters. The zero-order valence-electron chi connectivity index (χ0n) is 41.5. The standard InChI is InChI=1S/C51H80N2O18/c1-29-19-17-15-13-11-9-7-8-10-12-14-16-18-20-37(70-50-47(63)44(52)46(62)33(5)69-50)26-41-43(48(64)53-31(3)49(65)67-6)40(59)28-51(66,71-41)27-39(58)38(57)22-21-34(54)23-35(55)24-36(56)25-42(60)68-32(4)30(2)45(29)61/h7-20,29-41,43-47,50,54-59,61-63,66H,21-28,52H2,1-6H3,(H,53,64)/b8-7+,11-9+,12-10+,15-13+,16-14+,19-17+,20-18+/t29-,30-,31-,32-,33-,34+,35+,36+,37-,38+,39+,40-,41-,43+,44+,45+,46-,47+,50+,51+/m0/s1. The van der Waals surface area contributed by atoms with Crippen LogP contribution in [-0.4, -0.2) is 180 Å². The SMILES string of the molecule is COC(=O)[C@H](C)NC(=O)[C@H]1[C@@H]2C[C@@H](O[C@H]3O[C@@H](C)[C@H](O)[C@@H](N)[C@H]3O)/C=C/C=C/C=C/C=C/C=C/C=C/C=C/[C@H](C)[C@@H](O)[C@@H](C)[C@H](C)OC(=O)C[C@H](O)C[C@H](O)C[C@H](O)CC[C@@H](O)[C@H](O)C[C@](O)(C[C@@H]1O)O2. The zero-order valence-corrected chi connectivity index (χ0v) is 41.5. The van der Waals surface area contributed by atoms with Crippen molar-refractivity contribution < 1.29 is 89.1 Å². The first kappa shape index (κ1) is 61.3. The summed E-state index contributed by atoms with van der Waals surface area (Å²) >= 11 is 0. The van der Waals surface area contributed by atoms with Crippen molar-refractivity contribution in [3.05, 3.63) is 85.1 Å². The van der Waals surface area contributed by atoms with Crippen LogP contribution in [0.2, 0.25) is 0 Å². The first-order valence-electron chi connectivity index (χ1n) is 24.3. The molecule has 2 fully saturated rings. The summed E-state index contributed by atoms with van der Waals surface area (Å²) in [7, 11) is 1.13. The fourth-order valence-electron chi connectivity index (χ4n) is 8.52. The number of carbonyl (C=O) groups is 3. The van der Waals surface area contributed by atoms with Crippen molar-refractivity contribution >= 4 is 17.8 Å². The van der Waals surface area contributed by atoms with Crippen molar-refractivity contribution in [3.8, 4) is 0 Å². The summed E-state index contributed by atoms with van der Waals surface area (Å²) in [6.45, 7) is 8.10. The van der Waals surface area contributed by atoms with Gasteiger partial charge >= 0.3 is 11.9 Å². The Morgan fingerprint density at radius 1 is 0.704 bits per heavy atom. The molecule has 20 heteroatoms. The van der Waals surface area contributed by atoms with E-state index in [0.29, 0.717) is 0 Å². The van der Waals surface area contributed by atoms with E-state index in [1.807, 2.05) is 13.0 Å². The van der Waals surface area contributed by atoms with E-state index in [1.54, 1.807) is 86.8 Å². The van der Waals surface area contributed by atoms with Gasteiger partial charge in [-0.05, 0) is 46.5 Å². The van der Waals surface area contributed by atoms with E-state index in [0.717, 1.165) is 7.11 Å². The molecule has 2 saturated heterocycles. The number of fused-ring (bicyclic) bond motifs is 2. The number of aliphatic hydroxyl groups is 10. The number of nitrogens with one attached hydrogen (secondary N) is 1. The van der Waals surface area contributed by atoms with Gasteiger partial charge in [0.2, 0.25) is 5.91 Å². The smallest absolute Gasteiger partial charge is 0.328 e. The van der Waals surface area contributed by atoms with Gasteiger partial charge in [-0.2, -0.15) is 0 Å². The normalized spacial score (nSPS) is 43.0. The summed E-state index contributed by atoms with van der Waals surface area (Å²) in [6, 6.07) is -2.34. The lowest BCUT2D eigenvalue weighted by Crippen LogP contribution is -2.62. The third-order valence-electron chi connectivity index (χ3n) is 13.0. The van der Waals surface area contributed by atoms with Gasteiger partial charge in [-0.15, -0.1) is 0 Å². The van der Waals surface area contributed by atoms with Crippen molar-refractivity contribution in [3.63, 3.8) is 0 Å². The van der Waals surface area contributed by atoms with Crippen LogP contribution < -0.4 is 11.1 Å². The van der Waals surface area contributed by atoms with Crippen LogP contribution in [0.1, 0.15) is 86.0 Å². The Kier molecular flexibility index (Phi) is 26.2. The van der Waals surface area contributed by atoms with Crippen LogP contribution in [0.3, 0.4) is 0 Å². The molecule has 20 nitrogen and oxygen atoms in total. The number of methoxy groups -OCH3 is 1. The minimum Gasteiger partial charge on any atom is -0.467 e. The number of carbonyl (C=O) groups excluding carboxylic acids is 3. The molecule has 0 unspecified atom stereocenters. The fraction of sp³-hybridized carbons (Fsp3) is 0.667. The van der Waals surface area contributed by atoms with Gasteiger partial charge in [-0.25, -0.2) is 4.79 Å². The Hall–Kier alpha value is -3.97. The highest BCUT2D eigenvalue weighted by molar-refractivity contribution is 5.86. The Labute approximate surface area is 416 Å². The number of rotatable bonds is 5. The molecule has 0 aromatic heterocycles. The maximum Gasteiger partial charge on any atom is 0.328 e. The van der Waals surface area contributed by atoms with E-state index < -0.39 is 152 Å². The highest BCUT2D eigenvalue weighted by atomic mass is 16.7. The topological polar surface area (TPSA) is 338 Å². The van der Waals surface area contributed by atoms with E-state index >= 15 is 0 Å². The predicted octanol–water partition coefficient (Wildman–Crippen LogP) is 0.305. The van der Waals surface area contributed by atoms with Gasteiger partial charge in [-0.3, -0.25) is 9.59 Å². The molecular formula is C51H80N2O18. The second-order valence-electron chi connectivity index (χ2n) is 19.0. The molecule has 3 rings (SSSR count). The Morgan fingerprint density at radius 3 is 1.85 bits per heavy atom. The second kappa shape index (κ2) is 30.3. The third kappa shape index (κ3) is 20.5. The number of hydrogen-bond donors (Lipinski definition) is 12. The van der Waals surface area contributed by atoms with Gasteiger partial charge < -0.3 is 85.8 Å². The lowest BCUT2D eigenvalue weighted by atomic mass is 9.82. The first-order valence-corrected chi connectivity index (χ1v) is 24.3. The molecule has 0 aromatic carbocycles. The third-order valence-corrected chi connectivity index (χ3v) is 13.0. The molecule has 2 bridgehead atoms. The van der Waals surface area contributed by atoms with Crippen molar-refractivity contribution in [1.29, 1.82) is 0 Å². The molecule has 3 heterocycles. The molecule has 3 aliphatic heterocycles. The molecular weight excluding hydrogens is 929 g/mol. The summed E-state index contributed by atoms with van der Waals surface area (Å²) in [5, 5.41) is 112. The maximum atomic E-state index is 13.8. The summed E-state index contributed by atoms with van der Waals surface area (Å²) in [6.07, 6.45) is 3.29. The summed E-state index contributed by atoms with van der Waals surface area (Å²) in [4.78, 5) is 38.8. The average molecular weight is 1010 g/mol. The van der Waals surface area contributed by atoms with Crippen LogP contribution in [0.25, 0.3) is 0 Å². The quantitative estimate of drug-likeness (QED) is 0.165. The Bertz CT molecular complexity index is 1860. The van der Waals surface area contributed by atoms with Gasteiger partial charge in [0.05, 0.1) is 92.6 Å². The highest BCUT2D eigenvalue weighted by Crippen LogP contribution is 2.38. The van der Waals surface area contributed by atoms with Gasteiger partial charge in [0.15, 0.2) is 12.1 Å².